The van der Waals surface area contributed by atoms with E-state index >= 15 is 0 Å². The molecule has 0 radical (unpaired) electrons. The van der Waals surface area contributed by atoms with Gasteiger partial charge in [0.1, 0.15) is 0 Å². The third-order valence-electron chi connectivity index (χ3n) is 5.76. The first kappa shape index (κ1) is 17.8. The van der Waals surface area contributed by atoms with Crippen LogP contribution in [0.5, 0.6) is 0 Å². The van der Waals surface area contributed by atoms with Gasteiger partial charge in [0.15, 0.2) is 0 Å². The SMILES string of the molecule is Cc1ccc(C(CC(=O)N2CCCCC2)N2Cc3ccccc3C2=O)cc1. The smallest absolute Gasteiger partial charge is 0.255 e. The molecule has 2 aliphatic rings. The van der Waals surface area contributed by atoms with E-state index < -0.39 is 0 Å². The highest BCUT2D eigenvalue weighted by molar-refractivity contribution is 5.98. The van der Waals surface area contributed by atoms with Gasteiger partial charge in [-0.05, 0) is 43.4 Å². The molecule has 1 saturated heterocycles. The van der Waals surface area contributed by atoms with Crippen molar-refractivity contribution >= 4 is 11.8 Å². The Kier molecular flexibility index (Phi) is 4.97. The fourth-order valence-electron chi connectivity index (χ4n) is 4.16. The van der Waals surface area contributed by atoms with E-state index in [1.54, 1.807) is 0 Å². The van der Waals surface area contributed by atoms with E-state index in [4.69, 9.17) is 0 Å². The summed E-state index contributed by atoms with van der Waals surface area (Å²) in [6.07, 6.45) is 3.71. The lowest BCUT2D eigenvalue weighted by atomic mass is 9.99. The van der Waals surface area contributed by atoms with Crippen molar-refractivity contribution < 1.29 is 9.59 Å². The summed E-state index contributed by atoms with van der Waals surface area (Å²) in [4.78, 5) is 29.9. The van der Waals surface area contributed by atoms with E-state index in [0.29, 0.717) is 13.0 Å². The van der Waals surface area contributed by atoms with Crippen LogP contribution in [0.2, 0.25) is 0 Å². The van der Waals surface area contributed by atoms with Crippen LogP contribution in [0.25, 0.3) is 0 Å². The fraction of sp³-hybridized carbons (Fsp3) is 0.391. The second kappa shape index (κ2) is 7.55. The first-order valence-electron chi connectivity index (χ1n) is 9.87. The van der Waals surface area contributed by atoms with Crippen LogP contribution in [-0.4, -0.2) is 34.7 Å². The molecular formula is C23H26N2O2. The molecule has 0 saturated carbocycles. The normalized spacial score (nSPS) is 17.7. The lowest BCUT2D eigenvalue weighted by Gasteiger charge is -2.32. The van der Waals surface area contributed by atoms with E-state index in [0.717, 1.165) is 42.6 Å². The Morgan fingerprint density at radius 2 is 1.70 bits per heavy atom. The van der Waals surface area contributed by atoms with E-state index in [2.05, 4.69) is 31.2 Å². The zero-order chi connectivity index (χ0) is 18.8. The van der Waals surface area contributed by atoms with Crippen LogP contribution in [0.1, 0.15) is 58.8 Å². The van der Waals surface area contributed by atoms with Gasteiger partial charge in [0.25, 0.3) is 5.91 Å². The molecule has 1 atom stereocenters. The minimum atomic E-state index is -0.222. The standard InChI is InChI=1S/C23H26N2O2/c1-17-9-11-18(12-10-17)21(15-22(26)24-13-5-2-6-14-24)25-16-19-7-3-4-8-20(19)23(25)27/h3-4,7-12,21H,2,5-6,13-16H2,1H3. The number of carbonyl (C=O) groups is 2. The number of rotatable bonds is 4. The Morgan fingerprint density at radius 1 is 1.00 bits per heavy atom. The molecule has 2 heterocycles. The van der Waals surface area contributed by atoms with Gasteiger partial charge in [-0.15, -0.1) is 0 Å². The maximum absolute atomic E-state index is 13.0. The largest absolute Gasteiger partial charge is 0.343 e. The summed E-state index contributed by atoms with van der Waals surface area (Å²) in [5.41, 5.74) is 4.02. The van der Waals surface area contributed by atoms with Crippen molar-refractivity contribution in [3.8, 4) is 0 Å². The van der Waals surface area contributed by atoms with Crippen molar-refractivity contribution in [1.82, 2.24) is 9.80 Å². The van der Waals surface area contributed by atoms with E-state index in [1.807, 2.05) is 34.1 Å². The molecule has 140 valence electrons. The van der Waals surface area contributed by atoms with Crippen LogP contribution < -0.4 is 0 Å². The second-order valence-electron chi connectivity index (χ2n) is 7.66. The number of aryl methyl sites for hydroxylation is 1. The van der Waals surface area contributed by atoms with Gasteiger partial charge >= 0.3 is 0 Å². The Bertz CT molecular complexity index is 838. The molecule has 27 heavy (non-hydrogen) atoms. The first-order chi connectivity index (χ1) is 13.1. The summed E-state index contributed by atoms with van der Waals surface area (Å²) in [5.74, 6) is 0.187. The average Bonchev–Trinajstić information content (AvgIpc) is 3.04. The van der Waals surface area contributed by atoms with Crippen LogP contribution in [0.3, 0.4) is 0 Å². The van der Waals surface area contributed by atoms with Gasteiger partial charge in [0.05, 0.1) is 12.5 Å². The Hall–Kier alpha value is -2.62. The fourth-order valence-corrected chi connectivity index (χ4v) is 4.16. The highest BCUT2D eigenvalue weighted by Crippen LogP contribution is 2.34. The minimum Gasteiger partial charge on any atom is -0.343 e. The van der Waals surface area contributed by atoms with Crippen LogP contribution in [0.4, 0.5) is 0 Å². The number of nitrogens with zero attached hydrogens (tertiary/aromatic N) is 2. The summed E-state index contributed by atoms with van der Waals surface area (Å²) < 4.78 is 0. The number of likely N-dealkylation sites (tertiary alicyclic amines) is 1. The third-order valence-corrected chi connectivity index (χ3v) is 5.76. The summed E-state index contributed by atoms with van der Waals surface area (Å²) in [5, 5.41) is 0. The van der Waals surface area contributed by atoms with Crippen molar-refractivity contribution in [3.05, 3.63) is 70.8 Å². The molecular weight excluding hydrogens is 336 g/mol. The van der Waals surface area contributed by atoms with Crippen molar-refractivity contribution in [2.45, 2.75) is 45.2 Å². The lowest BCUT2D eigenvalue weighted by Crippen LogP contribution is -2.39. The topological polar surface area (TPSA) is 40.6 Å². The van der Waals surface area contributed by atoms with Crippen LogP contribution >= 0.6 is 0 Å². The molecule has 0 bridgehead atoms. The quantitative estimate of drug-likeness (QED) is 0.822. The Labute approximate surface area is 160 Å². The van der Waals surface area contributed by atoms with Crippen molar-refractivity contribution in [1.29, 1.82) is 0 Å². The van der Waals surface area contributed by atoms with E-state index in [1.165, 1.54) is 12.0 Å². The zero-order valence-electron chi connectivity index (χ0n) is 15.9. The summed E-state index contributed by atoms with van der Waals surface area (Å²) in [7, 11) is 0. The van der Waals surface area contributed by atoms with Crippen LogP contribution in [0, 0.1) is 6.92 Å². The zero-order valence-corrected chi connectivity index (χ0v) is 15.9. The highest BCUT2D eigenvalue weighted by Gasteiger charge is 2.35. The maximum Gasteiger partial charge on any atom is 0.255 e. The molecule has 2 amide bonds. The molecule has 4 heteroatoms. The second-order valence-corrected chi connectivity index (χ2v) is 7.66. The first-order valence-corrected chi connectivity index (χ1v) is 9.87. The molecule has 0 aliphatic carbocycles. The monoisotopic (exact) mass is 362 g/mol. The highest BCUT2D eigenvalue weighted by atomic mass is 16.2. The molecule has 1 unspecified atom stereocenters. The van der Waals surface area contributed by atoms with Gasteiger partial charge in [-0.2, -0.15) is 0 Å². The average molecular weight is 362 g/mol. The van der Waals surface area contributed by atoms with Crippen LogP contribution in [-0.2, 0) is 11.3 Å². The molecule has 0 aromatic heterocycles. The predicted octanol–water partition coefficient (Wildman–Crippen LogP) is 4.09. The number of hydrogen-bond acceptors (Lipinski definition) is 2. The van der Waals surface area contributed by atoms with E-state index in [9.17, 15) is 9.59 Å². The van der Waals surface area contributed by atoms with Gasteiger partial charge < -0.3 is 9.80 Å². The molecule has 0 spiro atoms. The third kappa shape index (κ3) is 3.61. The van der Waals surface area contributed by atoms with Gasteiger partial charge in [-0.3, -0.25) is 9.59 Å². The lowest BCUT2D eigenvalue weighted by molar-refractivity contribution is -0.133. The summed E-state index contributed by atoms with van der Waals surface area (Å²) in [6.45, 7) is 4.30. The summed E-state index contributed by atoms with van der Waals surface area (Å²) >= 11 is 0. The number of hydrogen-bond donors (Lipinski definition) is 0. The Morgan fingerprint density at radius 3 is 2.41 bits per heavy atom. The number of benzene rings is 2. The van der Waals surface area contributed by atoms with Gasteiger partial charge in [-0.25, -0.2) is 0 Å². The van der Waals surface area contributed by atoms with E-state index in [-0.39, 0.29) is 17.9 Å². The molecule has 2 aromatic carbocycles. The number of carbonyl (C=O) groups excluding carboxylic acids is 2. The van der Waals surface area contributed by atoms with Crippen molar-refractivity contribution in [2.75, 3.05) is 13.1 Å². The minimum absolute atomic E-state index is 0.0302. The molecule has 0 N–H and O–H groups in total. The van der Waals surface area contributed by atoms with Gasteiger partial charge in [0.2, 0.25) is 5.91 Å². The Balaban J connectivity index is 1.61. The van der Waals surface area contributed by atoms with Crippen molar-refractivity contribution in [2.24, 2.45) is 0 Å². The molecule has 4 nitrogen and oxygen atoms in total. The van der Waals surface area contributed by atoms with Crippen LogP contribution in [0.15, 0.2) is 48.5 Å². The number of fused-ring (bicyclic) bond motifs is 1. The molecule has 2 aliphatic heterocycles. The summed E-state index contributed by atoms with van der Waals surface area (Å²) in [6, 6.07) is 15.8. The maximum atomic E-state index is 13.0. The molecule has 1 fully saturated rings. The van der Waals surface area contributed by atoms with Gasteiger partial charge in [0, 0.05) is 25.2 Å². The van der Waals surface area contributed by atoms with Crippen molar-refractivity contribution in [3.63, 3.8) is 0 Å². The van der Waals surface area contributed by atoms with Gasteiger partial charge in [-0.1, -0.05) is 48.0 Å². The number of piperidine rings is 1. The number of amides is 2. The molecule has 2 aromatic rings. The molecule has 4 rings (SSSR count). The predicted molar refractivity (Wildman–Crippen MR) is 105 cm³/mol.